The molecule has 0 fully saturated rings. The Balaban J connectivity index is 1.68. The summed E-state index contributed by atoms with van der Waals surface area (Å²) >= 11 is 1.38. The molecule has 0 saturated heterocycles. The predicted molar refractivity (Wildman–Crippen MR) is 86.2 cm³/mol. The number of nitrogens with zero attached hydrogens (tertiary/aromatic N) is 3. The smallest absolute Gasteiger partial charge is 0.321 e. The van der Waals surface area contributed by atoms with Gasteiger partial charge in [-0.15, -0.1) is 11.3 Å². The Hall–Kier alpha value is -2.67. The van der Waals surface area contributed by atoms with Crippen molar-refractivity contribution in [3.8, 4) is 5.69 Å². The molecule has 7 heteroatoms. The first-order chi connectivity index (χ1) is 10.7. The van der Waals surface area contributed by atoms with Crippen LogP contribution in [-0.4, -0.2) is 20.6 Å². The molecular weight excluding hydrogens is 298 g/mol. The maximum atomic E-state index is 11.9. The normalized spacial score (nSPS) is 11.9. The number of carbonyl (C=O) groups excluding carboxylic acids is 1. The molecule has 3 rings (SSSR count). The third kappa shape index (κ3) is 3.32. The fourth-order valence-corrected chi connectivity index (χ4v) is 2.59. The van der Waals surface area contributed by atoms with E-state index >= 15 is 0 Å². The van der Waals surface area contributed by atoms with Gasteiger partial charge >= 0.3 is 6.03 Å². The fourth-order valence-electron chi connectivity index (χ4n) is 2.06. The van der Waals surface area contributed by atoms with Crippen LogP contribution in [0.5, 0.6) is 0 Å². The van der Waals surface area contributed by atoms with E-state index in [2.05, 4.69) is 20.6 Å². The molecule has 1 aromatic carbocycles. The number of aromatic nitrogens is 3. The van der Waals surface area contributed by atoms with E-state index in [4.69, 9.17) is 0 Å². The number of rotatable bonds is 4. The highest BCUT2D eigenvalue weighted by Crippen LogP contribution is 2.17. The number of thiazole rings is 1. The van der Waals surface area contributed by atoms with Gasteiger partial charge < -0.3 is 9.88 Å². The van der Waals surface area contributed by atoms with Crippen molar-refractivity contribution in [2.75, 3.05) is 5.32 Å². The number of imidazole rings is 1. The van der Waals surface area contributed by atoms with E-state index < -0.39 is 0 Å². The van der Waals surface area contributed by atoms with Crippen molar-refractivity contribution < 1.29 is 4.79 Å². The molecule has 112 valence electrons. The van der Waals surface area contributed by atoms with Gasteiger partial charge in [0, 0.05) is 29.7 Å². The zero-order valence-corrected chi connectivity index (χ0v) is 12.7. The van der Waals surface area contributed by atoms with Gasteiger partial charge in [-0.25, -0.2) is 14.8 Å². The average Bonchev–Trinajstić information content (AvgIpc) is 3.20. The van der Waals surface area contributed by atoms with E-state index in [9.17, 15) is 4.79 Å². The number of urea groups is 1. The van der Waals surface area contributed by atoms with Gasteiger partial charge in [-0.2, -0.15) is 0 Å². The zero-order valence-electron chi connectivity index (χ0n) is 11.9. The first kappa shape index (κ1) is 14.3. The summed E-state index contributed by atoms with van der Waals surface area (Å²) < 4.78 is 1.92. The van der Waals surface area contributed by atoms with E-state index in [0.717, 1.165) is 11.3 Å². The summed E-state index contributed by atoms with van der Waals surface area (Å²) in [6.07, 6.45) is 7.01. The summed E-state index contributed by atoms with van der Waals surface area (Å²) in [5, 5.41) is 8.00. The lowest BCUT2D eigenvalue weighted by Gasteiger charge is -2.15. The van der Waals surface area contributed by atoms with Crippen LogP contribution in [0.3, 0.4) is 0 Å². The first-order valence-corrected chi connectivity index (χ1v) is 7.65. The molecule has 0 unspecified atom stereocenters. The van der Waals surface area contributed by atoms with Crippen molar-refractivity contribution >= 4 is 22.5 Å². The monoisotopic (exact) mass is 313 g/mol. The average molecular weight is 313 g/mol. The molecule has 0 aliphatic rings. The van der Waals surface area contributed by atoms with Gasteiger partial charge in [-0.05, 0) is 24.6 Å². The Kier molecular flexibility index (Phi) is 4.15. The number of hydrogen-bond donors (Lipinski definition) is 2. The molecule has 1 atom stereocenters. The van der Waals surface area contributed by atoms with Gasteiger partial charge in [0.25, 0.3) is 0 Å². The lowest BCUT2D eigenvalue weighted by molar-refractivity contribution is 0.249. The molecule has 3 aromatic rings. The molecule has 2 aromatic heterocycles. The van der Waals surface area contributed by atoms with Crippen LogP contribution in [0.15, 0.2) is 54.6 Å². The minimum atomic E-state index is -0.268. The number of nitrogens with one attached hydrogen (secondary N) is 2. The van der Waals surface area contributed by atoms with Crippen molar-refractivity contribution in [3.63, 3.8) is 0 Å². The van der Waals surface area contributed by atoms with Gasteiger partial charge in [-0.1, -0.05) is 12.1 Å². The van der Waals surface area contributed by atoms with E-state index in [1.54, 1.807) is 18.7 Å². The fraction of sp³-hybridized carbons (Fsp3) is 0.133. The van der Waals surface area contributed by atoms with Crippen molar-refractivity contribution in [3.05, 3.63) is 60.1 Å². The minimum absolute atomic E-state index is 0.122. The third-order valence-electron chi connectivity index (χ3n) is 3.17. The van der Waals surface area contributed by atoms with Crippen LogP contribution in [0.1, 0.15) is 18.5 Å². The Bertz CT molecular complexity index is 739. The van der Waals surface area contributed by atoms with Gasteiger partial charge in [-0.3, -0.25) is 5.32 Å². The van der Waals surface area contributed by atoms with Crippen molar-refractivity contribution in [1.82, 2.24) is 19.9 Å². The van der Waals surface area contributed by atoms with Gasteiger partial charge in [0.05, 0.1) is 12.4 Å². The molecule has 0 saturated carbocycles. The Morgan fingerprint density at radius 3 is 3.00 bits per heavy atom. The second kappa shape index (κ2) is 6.40. The Morgan fingerprint density at radius 1 is 1.36 bits per heavy atom. The summed E-state index contributed by atoms with van der Waals surface area (Å²) in [7, 11) is 0. The largest absolute Gasteiger partial charge is 0.331 e. The van der Waals surface area contributed by atoms with Crippen molar-refractivity contribution in [1.29, 1.82) is 0 Å². The third-order valence-corrected chi connectivity index (χ3v) is 3.86. The minimum Gasteiger partial charge on any atom is -0.331 e. The SMILES string of the molecule is C[C@@H](NC(=O)Nc1nccs1)c1cccc(-n2ccnc2)c1. The topological polar surface area (TPSA) is 71.8 Å². The van der Waals surface area contributed by atoms with Crippen LogP contribution >= 0.6 is 11.3 Å². The van der Waals surface area contributed by atoms with Crippen LogP contribution in [0.2, 0.25) is 0 Å². The molecule has 0 aliphatic heterocycles. The van der Waals surface area contributed by atoms with E-state index in [-0.39, 0.29) is 12.1 Å². The molecule has 0 bridgehead atoms. The standard InChI is InChI=1S/C15H15N5OS/c1-11(18-14(21)19-15-17-6-8-22-15)12-3-2-4-13(9-12)20-7-5-16-10-20/h2-11H,1H3,(H2,17,18,19,21)/t11-/m1/s1. The van der Waals surface area contributed by atoms with Crippen LogP contribution in [0, 0.1) is 0 Å². The second-order valence-corrected chi connectivity index (χ2v) is 5.62. The number of benzene rings is 1. The molecule has 22 heavy (non-hydrogen) atoms. The van der Waals surface area contributed by atoms with Crippen LogP contribution < -0.4 is 10.6 Å². The highest BCUT2D eigenvalue weighted by Gasteiger charge is 2.11. The highest BCUT2D eigenvalue weighted by atomic mass is 32.1. The summed E-state index contributed by atoms with van der Waals surface area (Å²) in [5.74, 6) is 0. The summed E-state index contributed by atoms with van der Waals surface area (Å²) in [4.78, 5) is 20.0. The quantitative estimate of drug-likeness (QED) is 0.777. The summed E-state index contributed by atoms with van der Waals surface area (Å²) in [6.45, 7) is 1.94. The number of amides is 2. The molecule has 0 aliphatic carbocycles. The molecule has 2 heterocycles. The first-order valence-electron chi connectivity index (χ1n) is 6.77. The summed E-state index contributed by atoms with van der Waals surface area (Å²) in [6, 6.07) is 7.57. The van der Waals surface area contributed by atoms with Crippen LogP contribution in [-0.2, 0) is 0 Å². The van der Waals surface area contributed by atoms with Crippen LogP contribution in [0.25, 0.3) is 5.69 Å². The molecule has 0 radical (unpaired) electrons. The predicted octanol–water partition coefficient (Wildman–Crippen LogP) is 3.21. The lowest BCUT2D eigenvalue weighted by atomic mass is 10.1. The lowest BCUT2D eigenvalue weighted by Crippen LogP contribution is -2.31. The summed E-state index contributed by atoms with van der Waals surface area (Å²) in [5.41, 5.74) is 2.02. The van der Waals surface area contributed by atoms with Crippen LogP contribution in [0.4, 0.5) is 9.93 Å². The van der Waals surface area contributed by atoms with Gasteiger partial charge in [0.1, 0.15) is 0 Å². The van der Waals surface area contributed by atoms with Gasteiger partial charge in [0.15, 0.2) is 5.13 Å². The molecule has 2 amide bonds. The Morgan fingerprint density at radius 2 is 2.27 bits per heavy atom. The van der Waals surface area contributed by atoms with E-state index in [0.29, 0.717) is 5.13 Å². The van der Waals surface area contributed by atoms with Crippen molar-refractivity contribution in [2.45, 2.75) is 13.0 Å². The zero-order chi connectivity index (χ0) is 15.4. The molecule has 6 nitrogen and oxygen atoms in total. The van der Waals surface area contributed by atoms with E-state index in [1.807, 2.05) is 47.3 Å². The number of carbonyl (C=O) groups is 1. The van der Waals surface area contributed by atoms with Crippen molar-refractivity contribution in [2.24, 2.45) is 0 Å². The number of anilines is 1. The molecular formula is C15H15N5OS. The van der Waals surface area contributed by atoms with E-state index in [1.165, 1.54) is 11.3 Å². The maximum absolute atomic E-state index is 11.9. The van der Waals surface area contributed by atoms with Gasteiger partial charge in [0.2, 0.25) is 0 Å². The second-order valence-electron chi connectivity index (χ2n) is 4.72. The maximum Gasteiger partial charge on any atom is 0.321 e. The highest BCUT2D eigenvalue weighted by molar-refractivity contribution is 7.13. The molecule has 0 spiro atoms. The molecule has 2 N–H and O–H groups in total. The Labute approximate surface area is 131 Å². The number of hydrogen-bond acceptors (Lipinski definition) is 4.